The van der Waals surface area contributed by atoms with Crippen LogP contribution in [0.1, 0.15) is 6.42 Å². The van der Waals surface area contributed by atoms with E-state index in [0.717, 1.165) is 18.8 Å². The van der Waals surface area contributed by atoms with Crippen LogP contribution < -0.4 is 15.4 Å². The van der Waals surface area contributed by atoms with Crippen LogP contribution in [0.4, 0.5) is 11.5 Å². The zero-order valence-electron chi connectivity index (χ0n) is 13.4. The molecule has 0 saturated heterocycles. The Bertz CT molecular complexity index is 633. The lowest BCUT2D eigenvalue weighted by molar-refractivity contribution is -0.118. The minimum atomic E-state index is -0.257. The summed E-state index contributed by atoms with van der Waals surface area (Å²) in [7, 11) is 1.67. The number of carbonyl (C=O) groups is 1. The molecule has 0 aliphatic rings. The first-order chi connectivity index (χ1) is 11.7. The highest BCUT2D eigenvalue weighted by Gasteiger charge is 2.04. The summed E-state index contributed by atoms with van der Waals surface area (Å²) in [4.78, 5) is 16.1. The van der Waals surface area contributed by atoms with Crippen LogP contribution in [0.3, 0.4) is 0 Å². The van der Waals surface area contributed by atoms with Crippen LogP contribution in [-0.2, 0) is 9.53 Å². The van der Waals surface area contributed by atoms with Crippen molar-refractivity contribution in [2.45, 2.75) is 6.42 Å². The van der Waals surface area contributed by atoms with Crippen molar-refractivity contribution in [3.05, 3.63) is 47.6 Å². The third-order valence-corrected chi connectivity index (χ3v) is 3.31. The van der Waals surface area contributed by atoms with E-state index in [9.17, 15) is 4.79 Å². The highest BCUT2D eigenvalue weighted by atomic mass is 35.5. The van der Waals surface area contributed by atoms with Crippen LogP contribution in [0.15, 0.2) is 42.6 Å². The number of nitrogens with zero attached hydrogens (tertiary/aromatic N) is 1. The predicted molar refractivity (Wildman–Crippen MR) is 94.8 cm³/mol. The second kappa shape index (κ2) is 9.75. The SMILES string of the molecule is COCCCNc1ccc(NC(=O)COc2ccc(Cl)cc2)cn1. The molecule has 128 valence electrons. The molecule has 0 unspecified atom stereocenters. The summed E-state index contributed by atoms with van der Waals surface area (Å²) in [6.45, 7) is 1.40. The Balaban J connectivity index is 1.74. The zero-order chi connectivity index (χ0) is 17.2. The number of halogens is 1. The maximum atomic E-state index is 11.9. The highest BCUT2D eigenvalue weighted by Crippen LogP contribution is 2.15. The molecule has 7 heteroatoms. The van der Waals surface area contributed by atoms with Gasteiger partial charge >= 0.3 is 0 Å². The zero-order valence-corrected chi connectivity index (χ0v) is 14.2. The summed E-state index contributed by atoms with van der Waals surface area (Å²) in [5.74, 6) is 1.08. The van der Waals surface area contributed by atoms with E-state index in [2.05, 4.69) is 15.6 Å². The number of ether oxygens (including phenoxy) is 2. The molecule has 1 amide bonds. The quantitative estimate of drug-likeness (QED) is 0.680. The van der Waals surface area contributed by atoms with Gasteiger partial charge in [0.15, 0.2) is 6.61 Å². The first kappa shape index (κ1) is 18.0. The molecule has 0 atom stereocenters. The lowest BCUT2D eigenvalue weighted by Gasteiger charge is -2.09. The fourth-order valence-electron chi connectivity index (χ4n) is 1.88. The number of amides is 1. The molecule has 0 aliphatic carbocycles. The van der Waals surface area contributed by atoms with Crippen LogP contribution in [0.5, 0.6) is 5.75 Å². The molecule has 0 radical (unpaired) electrons. The van der Waals surface area contributed by atoms with Crippen LogP contribution in [0.25, 0.3) is 0 Å². The third kappa shape index (κ3) is 6.44. The number of benzene rings is 1. The lowest BCUT2D eigenvalue weighted by Crippen LogP contribution is -2.20. The van der Waals surface area contributed by atoms with Gasteiger partial charge in [-0.2, -0.15) is 0 Å². The van der Waals surface area contributed by atoms with E-state index >= 15 is 0 Å². The number of methoxy groups -OCH3 is 1. The number of carbonyl (C=O) groups excluding carboxylic acids is 1. The highest BCUT2D eigenvalue weighted by molar-refractivity contribution is 6.30. The Kier molecular flexibility index (Phi) is 7.32. The van der Waals surface area contributed by atoms with Gasteiger partial charge in [-0.1, -0.05) is 11.6 Å². The van der Waals surface area contributed by atoms with Crippen molar-refractivity contribution in [1.82, 2.24) is 4.98 Å². The summed E-state index contributed by atoms with van der Waals surface area (Å²) in [5, 5.41) is 6.52. The summed E-state index contributed by atoms with van der Waals surface area (Å²) < 4.78 is 10.4. The van der Waals surface area contributed by atoms with Crippen LogP contribution in [0.2, 0.25) is 5.02 Å². The van der Waals surface area contributed by atoms with Gasteiger partial charge in [-0.15, -0.1) is 0 Å². The van der Waals surface area contributed by atoms with E-state index in [-0.39, 0.29) is 12.5 Å². The fourth-order valence-corrected chi connectivity index (χ4v) is 2.01. The Hall–Kier alpha value is -2.31. The van der Waals surface area contributed by atoms with Gasteiger partial charge in [-0.3, -0.25) is 4.79 Å². The fraction of sp³-hybridized carbons (Fsp3) is 0.294. The van der Waals surface area contributed by atoms with Gasteiger partial charge in [0.05, 0.1) is 11.9 Å². The largest absolute Gasteiger partial charge is 0.484 e. The topological polar surface area (TPSA) is 72.5 Å². The van der Waals surface area contributed by atoms with E-state index in [4.69, 9.17) is 21.1 Å². The van der Waals surface area contributed by atoms with E-state index in [1.54, 1.807) is 43.6 Å². The summed E-state index contributed by atoms with van der Waals surface area (Å²) >= 11 is 5.79. The van der Waals surface area contributed by atoms with Crippen molar-refractivity contribution in [1.29, 1.82) is 0 Å². The van der Waals surface area contributed by atoms with Gasteiger partial charge in [0.25, 0.3) is 5.91 Å². The number of aromatic nitrogens is 1. The maximum absolute atomic E-state index is 11.9. The van der Waals surface area contributed by atoms with Crippen molar-refractivity contribution in [2.75, 3.05) is 37.5 Å². The smallest absolute Gasteiger partial charge is 0.262 e. The number of nitrogens with one attached hydrogen (secondary N) is 2. The average Bonchev–Trinajstić information content (AvgIpc) is 2.60. The van der Waals surface area contributed by atoms with Gasteiger partial charge in [0, 0.05) is 25.3 Å². The molecule has 24 heavy (non-hydrogen) atoms. The molecule has 2 N–H and O–H groups in total. The second-order valence-corrected chi connectivity index (χ2v) is 5.43. The van der Waals surface area contributed by atoms with Crippen LogP contribution in [-0.4, -0.2) is 37.8 Å². The molecule has 2 rings (SSSR count). The van der Waals surface area contributed by atoms with E-state index in [1.807, 2.05) is 6.07 Å². The molecule has 1 aromatic heterocycles. The van der Waals surface area contributed by atoms with Crippen molar-refractivity contribution in [3.8, 4) is 5.75 Å². The number of anilines is 2. The Morgan fingerprint density at radius 1 is 1.21 bits per heavy atom. The first-order valence-electron chi connectivity index (χ1n) is 7.54. The molecule has 0 bridgehead atoms. The van der Waals surface area contributed by atoms with Crippen LogP contribution >= 0.6 is 11.6 Å². The lowest BCUT2D eigenvalue weighted by atomic mass is 10.3. The number of hydrogen-bond acceptors (Lipinski definition) is 5. The molecule has 1 heterocycles. The molecular weight excluding hydrogens is 330 g/mol. The summed E-state index contributed by atoms with van der Waals surface area (Å²) in [6, 6.07) is 10.4. The second-order valence-electron chi connectivity index (χ2n) is 5.00. The van der Waals surface area contributed by atoms with Gasteiger partial charge in [-0.25, -0.2) is 4.98 Å². The number of rotatable bonds is 9. The van der Waals surface area contributed by atoms with Crippen LogP contribution in [0, 0.1) is 0 Å². The Labute approximate surface area is 146 Å². The maximum Gasteiger partial charge on any atom is 0.262 e. The number of pyridine rings is 1. The third-order valence-electron chi connectivity index (χ3n) is 3.06. The van der Waals surface area contributed by atoms with Crippen molar-refractivity contribution in [2.24, 2.45) is 0 Å². The van der Waals surface area contributed by atoms with E-state index < -0.39 is 0 Å². The molecule has 2 aromatic rings. The minimum Gasteiger partial charge on any atom is -0.484 e. The van der Waals surface area contributed by atoms with Crippen molar-refractivity contribution in [3.63, 3.8) is 0 Å². The van der Waals surface area contributed by atoms with Crippen molar-refractivity contribution < 1.29 is 14.3 Å². The average molecular weight is 350 g/mol. The minimum absolute atomic E-state index is 0.0847. The standard InChI is InChI=1S/C17H20ClN3O3/c1-23-10-2-9-19-16-8-5-14(11-20-16)21-17(22)12-24-15-6-3-13(18)4-7-15/h3-8,11H,2,9-10,12H2,1H3,(H,19,20)(H,21,22). The normalized spacial score (nSPS) is 10.2. The van der Waals surface area contributed by atoms with Crippen molar-refractivity contribution >= 4 is 29.0 Å². The van der Waals surface area contributed by atoms with Gasteiger partial charge in [0.1, 0.15) is 11.6 Å². The Morgan fingerprint density at radius 2 is 2.00 bits per heavy atom. The van der Waals surface area contributed by atoms with E-state index in [1.165, 1.54) is 0 Å². The van der Waals surface area contributed by atoms with Gasteiger partial charge < -0.3 is 20.1 Å². The van der Waals surface area contributed by atoms with E-state index in [0.29, 0.717) is 23.1 Å². The molecule has 1 aromatic carbocycles. The molecule has 0 saturated carbocycles. The molecule has 6 nitrogen and oxygen atoms in total. The number of hydrogen-bond donors (Lipinski definition) is 2. The summed E-state index contributed by atoms with van der Waals surface area (Å²) in [6.07, 6.45) is 2.50. The first-order valence-corrected chi connectivity index (χ1v) is 7.92. The molecule has 0 spiro atoms. The van der Waals surface area contributed by atoms with Gasteiger partial charge in [0.2, 0.25) is 0 Å². The molecule has 0 fully saturated rings. The van der Waals surface area contributed by atoms with Gasteiger partial charge in [-0.05, 0) is 42.8 Å². The molecular formula is C17H20ClN3O3. The Morgan fingerprint density at radius 3 is 2.67 bits per heavy atom. The molecule has 0 aliphatic heterocycles. The monoisotopic (exact) mass is 349 g/mol. The predicted octanol–water partition coefficient (Wildman–Crippen LogP) is 3.20. The summed E-state index contributed by atoms with van der Waals surface area (Å²) in [5.41, 5.74) is 0.613.